The largest absolute Gasteiger partial charge is 0.478 e. The van der Waals surface area contributed by atoms with Gasteiger partial charge in [-0.2, -0.15) is 10.5 Å². The molecule has 2 N–H and O–H groups in total. The van der Waals surface area contributed by atoms with Gasteiger partial charge in [-0.1, -0.05) is 12.1 Å². The Morgan fingerprint density at radius 3 is 2.51 bits per heavy atom. The first kappa shape index (κ1) is 27.2. The summed E-state index contributed by atoms with van der Waals surface area (Å²) in [6.07, 6.45) is 1.67. The third kappa shape index (κ3) is 5.15. The molecule has 0 aliphatic carbocycles. The first-order valence-electron chi connectivity index (χ1n) is 13.3. The number of anilines is 3. The quantitative estimate of drug-likeness (QED) is 0.361. The number of para-hydroxylation sites is 1. The van der Waals surface area contributed by atoms with E-state index < -0.39 is 17.6 Å². The summed E-state index contributed by atoms with van der Waals surface area (Å²) in [5.74, 6) is -0.702. The average molecular weight is 548 g/mol. The van der Waals surface area contributed by atoms with E-state index in [-0.39, 0.29) is 17.2 Å². The summed E-state index contributed by atoms with van der Waals surface area (Å²) in [6.45, 7) is 7.60. The summed E-state index contributed by atoms with van der Waals surface area (Å²) in [5, 5.41) is 32.1. The molecule has 2 aromatic carbocycles. The molecule has 1 saturated heterocycles. The number of fused-ring (bicyclic) bond motifs is 1. The van der Waals surface area contributed by atoms with Gasteiger partial charge < -0.3 is 20.2 Å². The lowest BCUT2D eigenvalue weighted by Crippen LogP contribution is -2.53. The molecule has 10 heteroatoms. The Kier molecular flexibility index (Phi) is 7.32. The summed E-state index contributed by atoms with van der Waals surface area (Å²) in [7, 11) is 0. The number of pyridine rings is 1. The molecule has 1 aliphatic rings. The number of benzene rings is 2. The lowest BCUT2D eigenvalue weighted by molar-refractivity contribution is 0.0698. The van der Waals surface area contributed by atoms with Gasteiger partial charge in [0.2, 0.25) is 0 Å². The van der Waals surface area contributed by atoms with Crippen LogP contribution in [0, 0.1) is 29.6 Å². The van der Waals surface area contributed by atoms with Crippen LogP contribution in [0.25, 0.3) is 5.65 Å². The summed E-state index contributed by atoms with van der Waals surface area (Å²) >= 11 is 0. The highest BCUT2D eigenvalue weighted by atomic mass is 16.4. The molecule has 0 radical (unpaired) electrons. The van der Waals surface area contributed by atoms with Crippen LogP contribution in [0.1, 0.15) is 52.5 Å². The fourth-order valence-corrected chi connectivity index (χ4v) is 5.38. The molecule has 1 fully saturated rings. The van der Waals surface area contributed by atoms with Crippen LogP contribution in [0.5, 0.6) is 0 Å². The third-order valence-corrected chi connectivity index (χ3v) is 7.44. The normalized spacial score (nSPS) is 15.7. The van der Waals surface area contributed by atoms with E-state index in [1.165, 1.54) is 10.5 Å². The SMILES string of the molecule is Cc1cc([C@@H](C)Nc2ccccc2C(=O)O)c2nc(N3CCN(c4ccc(C#N)cc4)CC3C)c(C#N)c(=O)n2c1. The van der Waals surface area contributed by atoms with Gasteiger partial charge in [-0.15, -0.1) is 0 Å². The van der Waals surface area contributed by atoms with E-state index in [0.717, 1.165) is 11.3 Å². The number of nitriles is 2. The first-order chi connectivity index (χ1) is 19.7. The Hall–Kier alpha value is -5.35. The smallest absolute Gasteiger partial charge is 0.337 e. The fourth-order valence-electron chi connectivity index (χ4n) is 5.38. The Balaban J connectivity index is 1.53. The van der Waals surface area contributed by atoms with E-state index in [0.29, 0.717) is 47.9 Å². The standard InChI is InChI=1S/C31H29N7O3/c1-19-14-25(21(3)34-27-7-5-4-6-24(27)31(40)41)28-35-29(26(16-33)30(39)38(28)17-19)37-13-12-36(18-20(37)2)23-10-8-22(15-32)9-11-23/h4-11,14,17,20-21,34H,12-13,18H2,1-3H3,(H,40,41)/t20?,21-/m1/s1. The number of piperazine rings is 1. The highest BCUT2D eigenvalue weighted by Gasteiger charge is 2.29. The second-order valence-electron chi connectivity index (χ2n) is 10.3. The maximum absolute atomic E-state index is 13.6. The van der Waals surface area contributed by atoms with Crippen molar-refractivity contribution >= 4 is 28.8 Å². The third-order valence-electron chi connectivity index (χ3n) is 7.44. The summed E-state index contributed by atoms with van der Waals surface area (Å²) in [4.78, 5) is 34.5. The zero-order valence-corrected chi connectivity index (χ0v) is 23.0. The van der Waals surface area contributed by atoms with Gasteiger partial charge in [-0.3, -0.25) is 9.20 Å². The topological polar surface area (TPSA) is 138 Å². The van der Waals surface area contributed by atoms with Gasteiger partial charge in [-0.05, 0) is 68.8 Å². The maximum Gasteiger partial charge on any atom is 0.337 e. The average Bonchev–Trinajstić information content (AvgIpc) is 2.97. The van der Waals surface area contributed by atoms with Crippen LogP contribution >= 0.6 is 0 Å². The molecule has 0 saturated carbocycles. The Morgan fingerprint density at radius 2 is 1.85 bits per heavy atom. The number of rotatable bonds is 6. The van der Waals surface area contributed by atoms with Crippen molar-refractivity contribution in [1.29, 1.82) is 10.5 Å². The van der Waals surface area contributed by atoms with Crippen molar-refractivity contribution in [3.63, 3.8) is 0 Å². The van der Waals surface area contributed by atoms with Crippen molar-refractivity contribution < 1.29 is 9.90 Å². The predicted molar refractivity (Wildman–Crippen MR) is 157 cm³/mol. The summed E-state index contributed by atoms with van der Waals surface area (Å²) in [6, 6.07) is 19.8. The molecule has 1 aliphatic heterocycles. The van der Waals surface area contributed by atoms with Crippen molar-refractivity contribution in [3.8, 4) is 12.1 Å². The van der Waals surface area contributed by atoms with Gasteiger partial charge in [0, 0.05) is 48.8 Å². The number of aromatic nitrogens is 2. The lowest BCUT2D eigenvalue weighted by Gasteiger charge is -2.42. The molecule has 3 heterocycles. The highest BCUT2D eigenvalue weighted by molar-refractivity contribution is 5.94. The van der Waals surface area contributed by atoms with Gasteiger partial charge in [0.1, 0.15) is 11.7 Å². The molecule has 1 unspecified atom stereocenters. The van der Waals surface area contributed by atoms with Crippen LogP contribution in [0.4, 0.5) is 17.2 Å². The molecule has 2 atom stereocenters. The summed E-state index contributed by atoms with van der Waals surface area (Å²) < 4.78 is 1.41. The van der Waals surface area contributed by atoms with Crippen molar-refractivity contribution in [2.75, 3.05) is 34.8 Å². The number of nitrogens with one attached hydrogen (secondary N) is 1. The maximum atomic E-state index is 13.6. The number of carbonyl (C=O) groups is 1. The van der Waals surface area contributed by atoms with Crippen molar-refractivity contribution in [2.24, 2.45) is 0 Å². The van der Waals surface area contributed by atoms with Crippen LogP contribution in [0.15, 0.2) is 65.6 Å². The lowest BCUT2D eigenvalue weighted by atomic mass is 10.1. The van der Waals surface area contributed by atoms with Gasteiger partial charge in [-0.25, -0.2) is 9.78 Å². The van der Waals surface area contributed by atoms with Gasteiger partial charge in [0.15, 0.2) is 11.4 Å². The Bertz CT molecular complexity index is 1780. The monoisotopic (exact) mass is 547 g/mol. The molecular formula is C31H29N7O3. The molecule has 0 amide bonds. The van der Waals surface area contributed by atoms with Crippen molar-refractivity contribution in [2.45, 2.75) is 32.9 Å². The Morgan fingerprint density at radius 1 is 1.12 bits per heavy atom. The molecule has 2 aromatic heterocycles. The second-order valence-corrected chi connectivity index (χ2v) is 10.3. The minimum Gasteiger partial charge on any atom is -0.478 e. The number of hydrogen-bond donors (Lipinski definition) is 2. The number of carboxylic acids is 1. The van der Waals surface area contributed by atoms with E-state index in [4.69, 9.17) is 10.2 Å². The summed E-state index contributed by atoms with van der Waals surface area (Å²) in [5.41, 5.74) is 3.65. The van der Waals surface area contributed by atoms with Crippen LogP contribution < -0.4 is 20.7 Å². The predicted octanol–water partition coefficient (Wildman–Crippen LogP) is 4.33. The van der Waals surface area contributed by atoms with Crippen molar-refractivity contribution in [3.05, 3.63) is 99.0 Å². The first-order valence-corrected chi connectivity index (χ1v) is 13.3. The minimum atomic E-state index is -1.04. The van der Waals surface area contributed by atoms with Gasteiger partial charge in [0.25, 0.3) is 5.56 Å². The van der Waals surface area contributed by atoms with Crippen LogP contribution in [-0.2, 0) is 0 Å². The molecule has 0 spiro atoms. The number of aromatic carboxylic acids is 1. The number of carboxylic acid groups (broad SMARTS) is 1. The van der Waals surface area contributed by atoms with Crippen LogP contribution in [0.2, 0.25) is 0 Å². The molecule has 0 bridgehead atoms. The zero-order chi connectivity index (χ0) is 29.3. The van der Waals surface area contributed by atoms with E-state index in [1.54, 1.807) is 36.5 Å². The van der Waals surface area contributed by atoms with E-state index >= 15 is 0 Å². The van der Waals surface area contributed by atoms with E-state index in [9.17, 15) is 20.0 Å². The van der Waals surface area contributed by atoms with Crippen LogP contribution in [0.3, 0.4) is 0 Å². The second kappa shape index (κ2) is 11.0. The molecule has 10 nitrogen and oxygen atoms in total. The Labute approximate surface area is 237 Å². The number of nitrogens with zero attached hydrogens (tertiary/aromatic N) is 6. The van der Waals surface area contributed by atoms with E-state index in [1.807, 2.05) is 43.9 Å². The minimum absolute atomic E-state index is 0.0189. The molecule has 206 valence electrons. The highest BCUT2D eigenvalue weighted by Crippen LogP contribution is 2.29. The zero-order valence-electron chi connectivity index (χ0n) is 23.0. The molecule has 41 heavy (non-hydrogen) atoms. The molecule has 5 rings (SSSR count). The number of aryl methyl sites for hydroxylation is 1. The molecular weight excluding hydrogens is 518 g/mol. The fraction of sp³-hybridized carbons (Fsp3) is 0.258. The van der Waals surface area contributed by atoms with E-state index in [2.05, 4.69) is 22.4 Å². The van der Waals surface area contributed by atoms with Gasteiger partial charge in [0.05, 0.1) is 23.2 Å². The number of hydrogen-bond acceptors (Lipinski definition) is 8. The van der Waals surface area contributed by atoms with Crippen LogP contribution in [-0.4, -0.2) is 46.1 Å². The van der Waals surface area contributed by atoms with Crippen molar-refractivity contribution in [1.82, 2.24) is 9.38 Å². The van der Waals surface area contributed by atoms with Gasteiger partial charge >= 0.3 is 5.97 Å². The molecule has 4 aromatic rings.